The number of carbonyl (C=O) groups is 2. The molecule has 0 rings (SSSR count). The van der Waals surface area contributed by atoms with Crippen molar-refractivity contribution in [2.75, 3.05) is 26.4 Å². The number of esters is 2. The molecule has 0 aliphatic heterocycles. The Kier molecular flexibility index (Phi) is 36.2. The van der Waals surface area contributed by atoms with Gasteiger partial charge in [-0.15, -0.1) is 0 Å². The predicted octanol–water partition coefficient (Wildman–Crippen LogP) is 11.2. The van der Waals surface area contributed by atoms with Gasteiger partial charge in [-0.05, 0) is 70.6 Å². The molecule has 0 saturated carbocycles. The maximum atomic E-state index is 12.5. The van der Waals surface area contributed by atoms with E-state index >= 15 is 0 Å². The number of hydrogen-bond donors (Lipinski definition) is 2. The normalized spacial score (nSPS) is 13.9. The fourth-order valence-electron chi connectivity index (χ4n) is 5.17. The number of nitrogens with two attached hydrogens (primary N) is 1. The number of hydrogen-bond acceptors (Lipinski definition) is 8. The van der Waals surface area contributed by atoms with Gasteiger partial charge in [-0.1, -0.05) is 133 Å². The first kappa shape index (κ1) is 49.0. The van der Waals surface area contributed by atoms with Crippen molar-refractivity contribution in [3.63, 3.8) is 0 Å². The monoisotopic (exact) mass is 740 g/mol. The summed E-state index contributed by atoms with van der Waals surface area (Å²) in [5.74, 6) is -0.912. The molecular formula is C41H74NO8P. The molecule has 1 unspecified atom stereocenters. The molecule has 0 radical (unpaired) electrons. The molecule has 0 aliphatic rings. The predicted molar refractivity (Wildman–Crippen MR) is 210 cm³/mol. The highest BCUT2D eigenvalue weighted by atomic mass is 31.2. The highest BCUT2D eigenvalue weighted by Crippen LogP contribution is 2.43. The van der Waals surface area contributed by atoms with Crippen LogP contribution in [0.5, 0.6) is 0 Å². The van der Waals surface area contributed by atoms with Crippen LogP contribution in [0.3, 0.4) is 0 Å². The quantitative estimate of drug-likeness (QED) is 0.0276. The summed E-state index contributed by atoms with van der Waals surface area (Å²) in [5, 5.41) is 0. The van der Waals surface area contributed by atoms with Crippen LogP contribution in [0.2, 0.25) is 0 Å². The second kappa shape index (κ2) is 37.7. The summed E-state index contributed by atoms with van der Waals surface area (Å²) < 4.78 is 32.6. The van der Waals surface area contributed by atoms with E-state index in [0.717, 1.165) is 44.9 Å². The highest BCUT2D eigenvalue weighted by Gasteiger charge is 2.25. The lowest BCUT2D eigenvalue weighted by Gasteiger charge is -2.19. The number of phosphoric ester groups is 1. The zero-order chi connectivity index (χ0) is 37.5. The van der Waals surface area contributed by atoms with Gasteiger partial charge in [0.05, 0.1) is 13.2 Å². The molecule has 0 fully saturated rings. The van der Waals surface area contributed by atoms with Crippen LogP contribution >= 0.6 is 7.82 Å². The van der Waals surface area contributed by atoms with Crippen LogP contribution in [0, 0.1) is 0 Å². The van der Waals surface area contributed by atoms with Crippen molar-refractivity contribution >= 4 is 19.8 Å². The summed E-state index contributed by atoms with van der Waals surface area (Å²) in [6.07, 6.45) is 41.5. The summed E-state index contributed by atoms with van der Waals surface area (Å²) in [6, 6.07) is 0. The molecule has 2 atom stereocenters. The largest absolute Gasteiger partial charge is 0.472 e. The molecular weight excluding hydrogens is 665 g/mol. The van der Waals surface area contributed by atoms with E-state index in [9.17, 15) is 19.0 Å². The van der Waals surface area contributed by atoms with Gasteiger partial charge in [0.2, 0.25) is 0 Å². The van der Waals surface area contributed by atoms with E-state index in [0.29, 0.717) is 19.3 Å². The highest BCUT2D eigenvalue weighted by molar-refractivity contribution is 7.47. The average Bonchev–Trinajstić information content (AvgIpc) is 3.11. The molecule has 51 heavy (non-hydrogen) atoms. The second-order valence-electron chi connectivity index (χ2n) is 13.1. The number of phosphoric acid groups is 1. The Labute approximate surface area is 311 Å². The third kappa shape index (κ3) is 37.5. The van der Waals surface area contributed by atoms with Gasteiger partial charge in [-0.25, -0.2) is 4.57 Å². The number of rotatable bonds is 37. The third-order valence-electron chi connectivity index (χ3n) is 8.19. The van der Waals surface area contributed by atoms with Crippen LogP contribution in [-0.4, -0.2) is 49.3 Å². The van der Waals surface area contributed by atoms with E-state index in [-0.39, 0.29) is 32.6 Å². The Morgan fingerprint density at radius 2 is 1.04 bits per heavy atom. The Hall–Kier alpha value is -2.03. The molecule has 296 valence electrons. The Morgan fingerprint density at radius 1 is 0.588 bits per heavy atom. The Bertz CT molecular complexity index is 981. The van der Waals surface area contributed by atoms with E-state index in [1.54, 1.807) is 0 Å². The molecule has 0 heterocycles. The summed E-state index contributed by atoms with van der Waals surface area (Å²) in [5.41, 5.74) is 5.33. The molecule has 10 heteroatoms. The first-order chi connectivity index (χ1) is 24.8. The molecule has 0 spiro atoms. The SMILES string of the molecule is CCCCCCCC/C=C/C/C=C/C/C=C/CCCC(=O)O[C@H](COC(=O)CCCCC/C=C/CCCCCCCC)COP(=O)(O)OCCN. The fraction of sp³-hybridized carbons (Fsp3) is 0.756. The summed E-state index contributed by atoms with van der Waals surface area (Å²) in [7, 11) is -4.39. The lowest BCUT2D eigenvalue weighted by Crippen LogP contribution is -2.29. The van der Waals surface area contributed by atoms with Crippen LogP contribution in [0.1, 0.15) is 168 Å². The molecule has 9 nitrogen and oxygen atoms in total. The molecule has 0 aromatic carbocycles. The summed E-state index contributed by atoms with van der Waals surface area (Å²) >= 11 is 0. The van der Waals surface area contributed by atoms with Gasteiger partial charge < -0.3 is 20.1 Å². The van der Waals surface area contributed by atoms with Crippen molar-refractivity contribution in [1.29, 1.82) is 0 Å². The molecule has 0 aromatic heterocycles. The van der Waals surface area contributed by atoms with Gasteiger partial charge in [-0.3, -0.25) is 18.6 Å². The minimum atomic E-state index is -4.39. The van der Waals surface area contributed by atoms with E-state index < -0.39 is 32.5 Å². The van der Waals surface area contributed by atoms with E-state index in [2.05, 4.69) is 56.4 Å². The molecule has 0 saturated heterocycles. The van der Waals surface area contributed by atoms with Gasteiger partial charge >= 0.3 is 19.8 Å². The summed E-state index contributed by atoms with van der Waals surface area (Å²) in [4.78, 5) is 34.7. The molecule has 0 aliphatic carbocycles. The number of ether oxygens (including phenoxy) is 2. The van der Waals surface area contributed by atoms with Crippen molar-refractivity contribution in [1.82, 2.24) is 0 Å². The van der Waals surface area contributed by atoms with Crippen molar-refractivity contribution < 1.29 is 37.6 Å². The molecule has 0 amide bonds. The fourth-order valence-corrected chi connectivity index (χ4v) is 5.94. The first-order valence-corrected chi connectivity index (χ1v) is 21.6. The number of unbranched alkanes of at least 4 members (excludes halogenated alkanes) is 16. The minimum Gasteiger partial charge on any atom is -0.462 e. The van der Waals surface area contributed by atoms with Crippen LogP contribution in [-0.2, 0) is 32.7 Å². The first-order valence-electron chi connectivity index (χ1n) is 20.1. The van der Waals surface area contributed by atoms with Gasteiger partial charge in [0, 0.05) is 19.4 Å². The van der Waals surface area contributed by atoms with Crippen LogP contribution in [0.4, 0.5) is 0 Å². The topological polar surface area (TPSA) is 134 Å². The van der Waals surface area contributed by atoms with Gasteiger partial charge in [0.15, 0.2) is 6.10 Å². The van der Waals surface area contributed by atoms with Crippen molar-refractivity contribution in [2.24, 2.45) is 5.73 Å². The maximum Gasteiger partial charge on any atom is 0.472 e. The lowest BCUT2D eigenvalue weighted by atomic mass is 10.1. The maximum absolute atomic E-state index is 12.5. The van der Waals surface area contributed by atoms with Crippen molar-refractivity contribution in [2.45, 2.75) is 174 Å². The van der Waals surface area contributed by atoms with Crippen LogP contribution < -0.4 is 5.73 Å². The van der Waals surface area contributed by atoms with E-state index in [4.69, 9.17) is 24.3 Å². The molecule has 0 aromatic rings. The lowest BCUT2D eigenvalue weighted by molar-refractivity contribution is -0.161. The van der Waals surface area contributed by atoms with E-state index in [1.807, 2.05) is 6.08 Å². The minimum absolute atomic E-state index is 0.0425. The smallest absolute Gasteiger partial charge is 0.462 e. The third-order valence-corrected chi connectivity index (χ3v) is 9.17. The van der Waals surface area contributed by atoms with E-state index in [1.165, 1.54) is 77.0 Å². The number of carbonyl (C=O) groups excluding carboxylic acids is 2. The van der Waals surface area contributed by atoms with Crippen molar-refractivity contribution in [3.05, 3.63) is 48.6 Å². The van der Waals surface area contributed by atoms with Gasteiger partial charge in [0.25, 0.3) is 0 Å². The zero-order valence-electron chi connectivity index (χ0n) is 32.3. The van der Waals surface area contributed by atoms with Crippen LogP contribution in [0.15, 0.2) is 48.6 Å². The van der Waals surface area contributed by atoms with Gasteiger partial charge in [0.1, 0.15) is 6.61 Å². The summed E-state index contributed by atoms with van der Waals surface area (Å²) in [6.45, 7) is 3.63. The molecule has 3 N–H and O–H groups in total. The van der Waals surface area contributed by atoms with Gasteiger partial charge in [-0.2, -0.15) is 0 Å². The standard InChI is InChI=1S/C41H74NO8P/c1-3-5-7-9-11-13-15-17-18-19-20-22-24-26-28-30-32-34-41(44)50-39(38-49-51(45,46)48-36-35-42)37-47-40(43)33-31-29-27-25-23-21-16-14-12-10-8-6-4-2/h17-18,20-23,26,28,39H,3-16,19,24-25,27,29-38,42H2,1-2H3,(H,45,46)/b18-17+,22-20+,23-21+,28-26+/t39-/m1/s1. The average molecular weight is 740 g/mol. The Morgan fingerprint density at radius 3 is 1.59 bits per heavy atom. The Balaban J connectivity index is 4.32. The zero-order valence-corrected chi connectivity index (χ0v) is 33.2. The second-order valence-corrected chi connectivity index (χ2v) is 14.6. The van der Waals surface area contributed by atoms with Crippen LogP contribution in [0.25, 0.3) is 0 Å². The van der Waals surface area contributed by atoms with Crippen molar-refractivity contribution in [3.8, 4) is 0 Å². The number of allylic oxidation sites excluding steroid dienone is 8. The molecule has 0 bridgehead atoms.